The Morgan fingerprint density at radius 2 is 2.30 bits per heavy atom. The summed E-state index contributed by atoms with van der Waals surface area (Å²) in [4.78, 5) is 24.4. The smallest absolute Gasteiger partial charge is 0.307 e. The van der Waals surface area contributed by atoms with E-state index in [1.54, 1.807) is 16.0 Å². The number of hydrogen-bond acceptors (Lipinski definition) is 4. The lowest BCUT2D eigenvalue weighted by molar-refractivity contribution is -0.122. The van der Waals surface area contributed by atoms with Gasteiger partial charge in [0.15, 0.2) is 0 Å². The predicted molar refractivity (Wildman–Crippen MR) is 90.6 cm³/mol. The molecule has 0 saturated carbocycles. The third-order valence-electron chi connectivity index (χ3n) is 3.90. The van der Waals surface area contributed by atoms with Gasteiger partial charge in [-0.15, -0.1) is 11.8 Å². The maximum absolute atomic E-state index is 13.8. The van der Waals surface area contributed by atoms with Gasteiger partial charge in [-0.2, -0.15) is 0 Å². The minimum atomic E-state index is -0.230. The van der Waals surface area contributed by atoms with E-state index in [0.717, 1.165) is 34.8 Å². The van der Waals surface area contributed by atoms with Gasteiger partial charge in [0.25, 0.3) is 0 Å². The van der Waals surface area contributed by atoms with Crippen molar-refractivity contribution in [2.75, 3.05) is 5.75 Å². The SMILES string of the molecule is Cc1csc(=O)n1CCC(=O)NC1CCSc2c(F)cccc21. The highest BCUT2D eigenvalue weighted by Crippen LogP contribution is 2.37. The van der Waals surface area contributed by atoms with E-state index in [4.69, 9.17) is 0 Å². The average molecular weight is 352 g/mol. The topological polar surface area (TPSA) is 51.1 Å². The number of hydrogen-bond donors (Lipinski definition) is 1. The number of thiazole rings is 1. The van der Waals surface area contributed by atoms with Crippen molar-refractivity contribution in [1.29, 1.82) is 0 Å². The van der Waals surface area contributed by atoms with Crippen molar-refractivity contribution in [3.05, 3.63) is 50.3 Å². The molecule has 122 valence electrons. The van der Waals surface area contributed by atoms with E-state index in [-0.39, 0.29) is 29.1 Å². The van der Waals surface area contributed by atoms with Gasteiger partial charge >= 0.3 is 4.87 Å². The number of aromatic nitrogens is 1. The van der Waals surface area contributed by atoms with E-state index in [9.17, 15) is 14.0 Å². The molecule has 0 saturated heterocycles. The van der Waals surface area contributed by atoms with Gasteiger partial charge in [-0.3, -0.25) is 9.59 Å². The van der Waals surface area contributed by atoms with Crippen molar-refractivity contribution in [3.63, 3.8) is 0 Å². The molecule has 23 heavy (non-hydrogen) atoms. The van der Waals surface area contributed by atoms with Gasteiger partial charge in [-0.1, -0.05) is 23.5 Å². The first-order valence-electron chi connectivity index (χ1n) is 7.42. The summed E-state index contributed by atoms with van der Waals surface area (Å²) in [5, 5.41) is 4.76. The Kier molecular flexibility index (Phi) is 4.87. The van der Waals surface area contributed by atoms with Gasteiger partial charge < -0.3 is 9.88 Å². The molecule has 0 fully saturated rings. The minimum Gasteiger partial charge on any atom is -0.349 e. The number of halogens is 1. The molecule has 1 aromatic heterocycles. The monoisotopic (exact) mass is 352 g/mol. The summed E-state index contributed by atoms with van der Waals surface area (Å²) in [5.74, 6) is 0.434. The number of fused-ring (bicyclic) bond motifs is 1. The molecule has 1 amide bonds. The Labute approximate surface area is 141 Å². The molecular formula is C16H17FN2O2S2. The van der Waals surface area contributed by atoms with Crippen LogP contribution in [0.5, 0.6) is 0 Å². The van der Waals surface area contributed by atoms with Gasteiger partial charge in [-0.25, -0.2) is 4.39 Å². The Morgan fingerprint density at radius 3 is 3.04 bits per heavy atom. The molecule has 0 radical (unpaired) electrons. The van der Waals surface area contributed by atoms with Crippen LogP contribution in [0.15, 0.2) is 33.3 Å². The molecule has 1 unspecified atom stereocenters. The van der Waals surface area contributed by atoms with E-state index in [0.29, 0.717) is 11.4 Å². The maximum atomic E-state index is 13.8. The van der Waals surface area contributed by atoms with Crippen LogP contribution >= 0.6 is 23.1 Å². The predicted octanol–water partition coefficient (Wildman–Crippen LogP) is 3.10. The van der Waals surface area contributed by atoms with Gasteiger partial charge in [0, 0.05) is 34.7 Å². The van der Waals surface area contributed by atoms with Gasteiger partial charge in [0.05, 0.1) is 6.04 Å². The molecule has 3 rings (SSSR count). The standard InChI is InChI=1S/C16H17FN2O2S2/c1-10-9-23-16(21)19(10)7-5-14(20)18-13-6-8-22-15-11(13)3-2-4-12(15)17/h2-4,9,13H,5-8H2,1H3,(H,18,20). The molecular weight excluding hydrogens is 335 g/mol. The maximum Gasteiger partial charge on any atom is 0.307 e. The van der Waals surface area contributed by atoms with E-state index in [2.05, 4.69) is 5.32 Å². The summed E-state index contributed by atoms with van der Waals surface area (Å²) < 4.78 is 15.4. The van der Waals surface area contributed by atoms with Crippen LogP contribution in [0.1, 0.15) is 30.1 Å². The quantitative estimate of drug-likeness (QED) is 0.920. The number of amides is 1. The van der Waals surface area contributed by atoms with Crippen LogP contribution in [0.25, 0.3) is 0 Å². The Balaban J connectivity index is 1.66. The molecule has 1 aromatic carbocycles. The number of nitrogens with zero attached hydrogens (tertiary/aromatic N) is 1. The largest absolute Gasteiger partial charge is 0.349 e. The lowest BCUT2D eigenvalue weighted by Crippen LogP contribution is -2.32. The Hall–Kier alpha value is -1.60. The molecule has 7 heteroatoms. The molecule has 1 atom stereocenters. The summed E-state index contributed by atoms with van der Waals surface area (Å²) in [6.45, 7) is 2.23. The minimum absolute atomic E-state index is 0.0446. The lowest BCUT2D eigenvalue weighted by atomic mass is 10.0. The number of thioether (sulfide) groups is 1. The number of aryl methyl sites for hydroxylation is 1. The zero-order valence-corrected chi connectivity index (χ0v) is 14.3. The molecule has 0 aliphatic carbocycles. The number of benzene rings is 1. The van der Waals surface area contributed by atoms with E-state index in [1.165, 1.54) is 17.8 Å². The molecule has 0 bridgehead atoms. The second kappa shape index (κ2) is 6.88. The highest BCUT2D eigenvalue weighted by Gasteiger charge is 2.24. The molecule has 4 nitrogen and oxygen atoms in total. The molecule has 2 aromatic rings. The Bertz CT molecular complexity index is 785. The normalized spacial score (nSPS) is 16.9. The van der Waals surface area contributed by atoms with Crippen molar-refractivity contribution in [2.24, 2.45) is 0 Å². The van der Waals surface area contributed by atoms with E-state index in [1.807, 2.05) is 13.0 Å². The summed E-state index contributed by atoms with van der Waals surface area (Å²) in [6.07, 6.45) is 1.02. The summed E-state index contributed by atoms with van der Waals surface area (Å²) in [5.41, 5.74) is 1.72. The van der Waals surface area contributed by atoms with Crippen LogP contribution in [0, 0.1) is 12.7 Å². The molecule has 2 heterocycles. The molecule has 1 N–H and O–H groups in total. The summed E-state index contributed by atoms with van der Waals surface area (Å²) >= 11 is 2.63. The van der Waals surface area contributed by atoms with Crippen molar-refractivity contribution >= 4 is 29.0 Å². The Morgan fingerprint density at radius 1 is 1.48 bits per heavy atom. The highest BCUT2D eigenvalue weighted by molar-refractivity contribution is 7.99. The first-order chi connectivity index (χ1) is 11.1. The number of carbonyl (C=O) groups is 1. The van der Waals surface area contributed by atoms with Gasteiger partial charge in [0.1, 0.15) is 5.82 Å². The first kappa shape index (κ1) is 16.3. The van der Waals surface area contributed by atoms with Crippen LogP contribution in [0.3, 0.4) is 0 Å². The van der Waals surface area contributed by atoms with E-state index >= 15 is 0 Å². The molecule has 1 aliphatic rings. The zero-order valence-electron chi connectivity index (χ0n) is 12.7. The van der Waals surface area contributed by atoms with Crippen LogP contribution in [-0.4, -0.2) is 16.2 Å². The summed E-state index contributed by atoms with van der Waals surface area (Å²) in [7, 11) is 0. The third-order valence-corrected chi connectivity index (χ3v) is 5.94. The van der Waals surface area contributed by atoms with Crippen LogP contribution in [0.2, 0.25) is 0 Å². The lowest BCUT2D eigenvalue weighted by Gasteiger charge is -2.26. The first-order valence-corrected chi connectivity index (χ1v) is 9.28. The van der Waals surface area contributed by atoms with Crippen molar-refractivity contribution < 1.29 is 9.18 Å². The highest BCUT2D eigenvalue weighted by atomic mass is 32.2. The fourth-order valence-corrected chi connectivity index (χ4v) is 4.59. The number of nitrogens with one attached hydrogen (secondary N) is 1. The number of carbonyl (C=O) groups excluding carboxylic acids is 1. The van der Waals surface area contributed by atoms with Crippen molar-refractivity contribution in [1.82, 2.24) is 9.88 Å². The zero-order chi connectivity index (χ0) is 16.4. The van der Waals surface area contributed by atoms with Crippen LogP contribution < -0.4 is 10.2 Å². The van der Waals surface area contributed by atoms with Crippen LogP contribution in [0.4, 0.5) is 4.39 Å². The average Bonchev–Trinajstić information content (AvgIpc) is 2.85. The fraction of sp³-hybridized carbons (Fsp3) is 0.375. The van der Waals surface area contributed by atoms with Crippen LogP contribution in [-0.2, 0) is 11.3 Å². The second-order valence-corrected chi connectivity index (χ2v) is 7.39. The third kappa shape index (κ3) is 3.50. The second-order valence-electron chi connectivity index (χ2n) is 5.46. The fourth-order valence-electron chi connectivity index (χ4n) is 2.69. The molecule has 1 aliphatic heterocycles. The summed E-state index contributed by atoms with van der Waals surface area (Å²) in [6, 6.07) is 4.83. The van der Waals surface area contributed by atoms with Gasteiger partial charge in [-0.05, 0) is 25.0 Å². The van der Waals surface area contributed by atoms with Crippen molar-refractivity contribution in [3.8, 4) is 0 Å². The number of rotatable bonds is 4. The van der Waals surface area contributed by atoms with E-state index < -0.39 is 0 Å². The van der Waals surface area contributed by atoms with Crippen molar-refractivity contribution in [2.45, 2.75) is 37.2 Å². The van der Waals surface area contributed by atoms with Gasteiger partial charge in [0.2, 0.25) is 5.91 Å². The molecule has 0 spiro atoms.